The molecule has 1 unspecified atom stereocenters. The number of carbonyl (C=O) groups is 1. The number of benzene rings is 3. The van der Waals surface area contributed by atoms with Crippen LogP contribution < -0.4 is 25.2 Å². The van der Waals surface area contributed by atoms with Crippen LogP contribution in [0.1, 0.15) is 49.0 Å². The van der Waals surface area contributed by atoms with E-state index in [2.05, 4.69) is 46.8 Å². The van der Waals surface area contributed by atoms with Crippen LogP contribution in [0.15, 0.2) is 79.3 Å². The fourth-order valence-corrected chi connectivity index (χ4v) is 5.64. The average Bonchev–Trinajstić information content (AvgIpc) is 3.60. The number of aromatic nitrogens is 4. The van der Waals surface area contributed by atoms with E-state index in [0.717, 1.165) is 71.6 Å². The second kappa shape index (κ2) is 15.9. The Kier molecular flexibility index (Phi) is 11.0. The molecule has 1 fully saturated rings. The molecule has 0 aliphatic carbocycles. The highest BCUT2D eigenvalue weighted by molar-refractivity contribution is 5.93. The van der Waals surface area contributed by atoms with Gasteiger partial charge in [0.15, 0.2) is 6.29 Å². The van der Waals surface area contributed by atoms with E-state index in [4.69, 9.17) is 29.0 Å². The van der Waals surface area contributed by atoms with Gasteiger partial charge in [-0.15, -0.1) is 0 Å². The highest BCUT2D eigenvalue weighted by Gasteiger charge is 2.17. The molecular weight excluding hydrogens is 622 g/mol. The predicted octanol–water partition coefficient (Wildman–Crippen LogP) is 5.88. The summed E-state index contributed by atoms with van der Waals surface area (Å²) in [4.78, 5) is 29.9. The summed E-state index contributed by atoms with van der Waals surface area (Å²) < 4.78 is 18.5. The van der Waals surface area contributed by atoms with Gasteiger partial charge in [0.05, 0.1) is 49.9 Å². The lowest BCUT2D eigenvalue weighted by atomic mass is 10.1. The monoisotopic (exact) mass is 665 g/mol. The predicted molar refractivity (Wildman–Crippen MR) is 188 cm³/mol. The molecule has 0 saturated carbocycles. The Morgan fingerprint density at radius 1 is 0.980 bits per heavy atom. The largest absolute Gasteiger partial charge is 0.497 e. The summed E-state index contributed by atoms with van der Waals surface area (Å²) in [5.41, 5.74) is 9.07. The van der Waals surface area contributed by atoms with E-state index < -0.39 is 6.29 Å². The zero-order valence-electron chi connectivity index (χ0n) is 28.4. The molecule has 12 heteroatoms. The van der Waals surface area contributed by atoms with Gasteiger partial charge in [-0.2, -0.15) is 5.10 Å². The van der Waals surface area contributed by atoms with Crippen molar-refractivity contribution in [2.45, 2.75) is 52.0 Å². The Labute approximate surface area is 286 Å². The minimum absolute atomic E-state index is 0.307. The number of anilines is 2. The average molecular weight is 666 g/mol. The van der Waals surface area contributed by atoms with Crippen molar-refractivity contribution in [3.63, 3.8) is 0 Å². The van der Waals surface area contributed by atoms with Crippen LogP contribution in [-0.2, 0) is 16.1 Å². The number of fused-ring (bicyclic) bond motifs is 1. The van der Waals surface area contributed by atoms with E-state index in [1.165, 1.54) is 0 Å². The van der Waals surface area contributed by atoms with Crippen LogP contribution in [0, 0.1) is 0 Å². The van der Waals surface area contributed by atoms with Gasteiger partial charge in [0.1, 0.15) is 11.5 Å². The summed E-state index contributed by atoms with van der Waals surface area (Å²) in [5.74, 6) is 1.12. The lowest BCUT2D eigenvalue weighted by molar-refractivity contribution is -0.186. The van der Waals surface area contributed by atoms with Gasteiger partial charge in [-0.3, -0.25) is 14.5 Å². The molecule has 1 saturated heterocycles. The third kappa shape index (κ3) is 8.71. The molecule has 0 spiro atoms. The maximum absolute atomic E-state index is 12.5. The van der Waals surface area contributed by atoms with Crippen molar-refractivity contribution in [3.05, 3.63) is 90.4 Å². The summed E-state index contributed by atoms with van der Waals surface area (Å²) in [5, 5.41) is 8.09. The molecule has 1 amide bonds. The number of ether oxygens (including phenoxy) is 3. The molecule has 1 aliphatic rings. The molecule has 3 aromatic carbocycles. The fourth-order valence-electron chi connectivity index (χ4n) is 5.64. The van der Waals surface area contributed by atoms with Gasteiger partial charge in [0, 0.05) is 79.1 Å². The zero-order valence-corrected chi connectivity index (χ0v) is 28.4. The Bertz CT molecular complexity index is 1830. The lowest BCUT2D eigenvalue weighted by Crippen LogP contribution is -2.33. The maximum Gasteiger partial charge on any atom is 0.274 e. The summed E-state index contributed by atoms with van der Waals surface area (Å²) in [6, 6.07) is 19.7. The summed E-state index contributed by atoms with van der Waals surface area (Å²) in [7, 11) is 3.31. The standard InChI is InChI=1S/C37H43N7O5/c1-25(2)38-14-15-44(30-17-31(46-3)20-32(18-30)47-4)29-12-13-33-34(19-29)41-35(22-39-33)28-21-40-43(24-28)23-26-8-10-27(11-9-26)37(45)42-49-36-7-5-6-16-48-36/h8-13,17-22,24-25,36,38H,5-7,14-16,23H2,1-4H3,(H,42,45). The van der Waals surface area contributed by atoms with E-state index in [-0.39, 0.29) is 5.91 Å². The Morgan fingerprint density at radius 2 is 1.78 bits per heavy atom. The van der Waals surface area contributed by atoms with Crippen molar-refractivity contribution in [2.24, 2.45) is 0 Å². The number of hydrogen-bond donors (Lipinski definition) is 2. The third-order valence-electron chi connectivity index (χ3n) is 8.28. The Balaban J connectivity index is 1.17. The first-order valence-corrected chi connectivity index (χ1v) is 16.6. The van der Waals surface area contributed by atoms with Crippen LogP contribution >= 0.6 is 0 Å². The van der Waals surface area contributed by atoms with Gasteiger partial charge in [-0.05, 0) is 48.7 Å². The molecule has 0 radical (unpaired) electrons. The number of nitrogens with zero attached hydrogens (tertiary/aromatic N) is 5. The molecular formula is C37H43N7O5. The van der Waals surface area contributed by atoms with Crippen LogP contribution in [0.25, 0.3) is 22.3 Å². The molecule has 12 nitrogen and oxygen atoms in total. The van der Waals surface area contributed by atoms with E-state index in [9.17, 15) is 4.79 Å². The van der Waals surface area contributed by atoms with Gasteiger partial charge < -0.3 is 24.4 Å². The lowest BCUT2D eigenvalue weighted by Gasteiger charge is -2.27. The molecule has 2 N–H and O–H groups in total. The van der Waals surface area contributed by atoms with E-state index in [1.807, 2.05) is 47.3 Å². The van der Waals surface area contributed by atoms with E-state index >= 15 is 0 Å². The number of rotatable bonds is 14. The van der Waals surface area contributed by atoms with Crippen molar-refractivity contribution in [3.8, 4) is 22.8 Å². The fraction of sp³-hybridized carbons (Fsp3) is 0.351. The maximum atomic E-state index is 12.5. The topological polar surface area (TPSA) is 125 Å². The molecule has 2 aromatic heterocycles. The van der Waals surface area contributed by atoms with Crippen LogP contribution in [0.5, 0.6) is 11.5 Å². The van der Waals surface area contributed by atoms with Crippen molar-refractivity contribution < 1.29 is 23.8 Å². The van der Waals surface area contributed by atoms with Gasteiger partial charge in [0.25, 0.3) is 5.91 Å². The number of hydroxylamine groups is 1. The zero-order chi connectivity index (χ0) is 34.2. The summed E-state index contributed by atoms with van der Waals surface area (Å²) >= 11 is 0. The molecule has 1 atom stereocenters. The molecule has 256 valence electrons. The van der Waals surface area contributed by atoms with Crippen molar-refractivity contribution in [1.29, 1.82) is 0 Å². The summed E-state index contributed by atoms with van der Waals surface area (Å²) in [6.07, 6.45) is 7.93. The molecule has 49 heavy (non-hydrogen) atoms. The van der Waals surface area contributed by atoms with Crippen molar-refractivity contribution in [1.82, 2.24) is 30.5 Å². The first kappa shape index (κ1) is 33.8. The molecule has 0 bridgehead atoms. The number of methoxy groups -OCH3 is 2. The number of carbonyl (C=O) groups excluding carboxylic acids is 1. The third-order valence-corrected chi connectivity index (χ3v) is 8.28. The number of hydrogen-bond acceptors (Lipinski definition) is 10. The Morgan fingerprint density at radius 3 is 2.49 bits per heavy atom. The first-order chi connectivity index (χ1) is 23.9. The smallest absolute Gasteiger partial charge is 0.274 e. The van der Waals surface area contributed by atoms with Gasteiger partial charge in [-0.25, -0.2) is 15.3 Å². The first-order valence-electron chi connectivity index (χ1n) is 16.6. The van der Waals surface area contributed by atoms with Gasteiger partial charge >= 0.3 is 0 Å². The van der Waals surface area contributed by atoms with E-state index in [1.54, 1.807) is 38.7 Å². The second-order valence-electron chi connectivity index (χ2n) is 12.2. The minimum atomic E-state index is -0.393. The van der Waals surface area contributed by atoms with Gasteiger partial charge in [-0.1, -0.05) is 26.0 Å². The van der Waals surface area contributed by atoms with Crippen molar-refractivity contribution in [2.75, 3.05) is 38.8 Å². The quantitative estimate of drug-likeness (QED) is 0.139. The summed E-state index contributed by atoms with van der Waals surface area (Å²) in [6.45, 7) is 6.94. The Hall–Kier alpha value is -5.04. The highest BCUT2D eigenvalue weighted by Crippen LogP contribution is 2.34. The second-order valence-corrected chi connectivity index (χ2v) is 12.2. The number of nitrogens with one attached hydrogen (secondary N) is 2. The normalized spacial score (nSPS) is 14.6. The molecule has 3 heterocycles. The van der Waals surface area contributed by atoms with Crippen LogP contribution in [-0.4, -0.2) is 71.9 Å². The van der Waals surface area contributed by atoms with Crippen LogP contribution in [0.3, 0.4) is 0 Å². The number of amides is 1. The molecule has 6 rings (SSSR count). The highest BCUT2D eigenvalue weighted by atomic mass is 16.8. The molecule has 1 aliphatic heterocycles. The van der Waals surface area contributed by atoms with Gasteiger partial charge in [0.2, 0.25) is 0 Å². The van der Waals surface area contributed by atoms with Crippen molar-refractivity contribution >= 4 is 28.3 Å². The molecule has 5 aromatic rings. The minimum Gasteiger partial charge on any atom is -0.497 e. The van der Waals surface area contributed by atoms with Crippen LogP contribution in [0.2, 0.25) is 0 Å². The van der Waals surface area contributed by atoms with E-state index in [0.29, 0.717) is 36.3 Å². The van der Waals surface area contributed by atoms with Crippen LogP contribution in [0.4, 0.5) is 11.4 Å². The SMILES string of the molecule is COc1cc(OC)cc(N(CCNC(C)C)c2ccc3ncc(-c4cnn(Cc5ccc(C(=O)NOC6CCCCO6)cc5)c4)nc3c2)c1.